The largest absolute Gasteiger partial charge is 0.460 e. The molecule has 3 rings (SSSR count). The number of carbonyl (C=O) groups excluding carboxylic acids is 3. The Kier molecular flexibility index (Phi) is 11.3. The third-order valence-electron chi connectivity index (χ3n) is 6.44. The highest BCUT2D eigenvalue weighted by molar-refractivity contribution is 7.95. The highest BCUT2D eigenvalue weighted by atomic mass is 31.2. The molecule has 8 heteroatoms. The molecule has 0 aromatic heterocycles. The first-order valence-corrected chi connectivity index (χ1v) is 16.3. The van der Waals surface area contributed by atoms with Gasteiger partial charge in [0.05, 0.1) is 6.16 Å². The fourth-order valence-electron chi connectivity index (χ4n) is 4.74. The molecule has 0 aliphatic heterocycles. The topological polar surface area (TPSA) is 82.1 Å². The average molecular weight is 605 g/mol. The summed E-state index contributed by atoms with van der Waals surface area (Å²) < 4.78 is 16.7. The predicted octanol–water partition coefficient (Wildman–Crippen LogP) is 6.64. The fourth-order valence-corrected chi connectivity index (χ4v) is 9.08. The van der Waals surface area contributed by atoms with Gasteiger partial charge in [0.25, 0.3) is 0 Å². The molecule has 0 radical (unpaired) electrons. The Labute approximate surface area is 256 Å². The zero-order valence-corrected chi connectivity index (χ0v) is 26.9. The summed E-state index contributed by atoms with van der Waals surface area (Å²) in [6, 6.07) is 29.2. The molecule has 1 atom stereocenters. The van der Waals surface area contributed by atoms with Crippen molar-refractivity contribution >= 4 is 41.3 Å². The van der Waals surface area contributed by atoms with E-state index < -0.39 is 42.7 Å². The first kappa shape index (κ1) is 33.5. The van der Waals surface area contributed by atoms with Crippen LogP contribution >= 0.6 is 7.26 Å². The third kappa shape index (κ3) is 9.01. The number of hydrogen-bond donors (Lipinski definition) is 0. The number of nitrogens with zero attached hydrogens (tertiary/aromatic N) is 1. The number of esters is 1. The Balaban J connectivity index is 2.21. The predicted molar refractivity (Wildman–Crippen MR) is 174 cm³/mol. The summed E-state index contributed by atoms with van der Waals surface area (Å²) in [5.74, 6) is -0.746. The molecule has 0 heterocycles. The minimum atomic E-state index is -2.41. The van der Waals surface area contributed by atoms with E-state index in [0.717, 1.165) is 20.8 Å². The van der Waals surface area contributed by atoms with E-state index in [0.29, 0.717) is 6.16 Å². The number of rotatable bonds is 10. The minimum absolute atomic E-state index is 0.0812. The molecule has 0 aliphatic rings. The van der Waals surface area contributed by atoms with Crippen LogP contribution in [0.25, 0.3) is 0 Å². The Morgan fingerprint density at radius 2 is 1.09 bits per heavy atom. The zero-order chi connectivity index (χ0) is 31.7. The van der Waals surface area contributed by atoms with Gasteiger partial charge in [-0.3, -0.25) is 0 Å². The monoisotopic (exact) mass is 604 g/mol. The summed E-state index contributed by atoms with van der Waals surface area (Å²) in [7, 11) is -2.41. The molecule has 0 saturated heterocycles. The SMILES string of the molecule is C=CCOC(=O)C(CC[P+](c1ccccc1)(c1ccccc1)c1ccccc1)N(C(=O)OC(C)(C)C)C(=O)OC(C)(C)C. The highest BCUT2D eigenvalue weighted by Crippen LogP contribution is 2.56. The normalized spacial score (nSPS) is 12.5. The van der Waals surface area contributed by atoms with Crippen molar-refractivity contribution in [1.29, 1.82) is 0 Å². The smallest absolute Gasteiger partial charge is 0.420 e. The van der Waals surface area contributed by atoms with Crippen LogP contribution < -0.4 is 15.9 Å². The maximum Gasteiger partial charge on any atom is 0.420 e. The molecule has 0 fully saturated rings. The molecule has 43 heavy (non-hydrogen) atoms. The number of imide groups is 1. The van der Waals surface area contributed by atoms with Crippen LogP contribution in [0.15, 0.2) is 104 Å². The summed E-state index contributed by atoms with van der Waals surface area (Å²) in [4.78, 5) is 41.7. The van der Waals surface area contributed by atoms with Gasteiger partial charge in [0.15, 0.2) is 0 Å². The molecule has 7 nitrogen and oxygen atoms in total. The molecule has 1 unspecified atom stereocenters. The molecule has 0 N–H and O–H groups in total. The minimum Gasteiger partial charge on any atom is -0.460 e. The van der Waals surface area contributed by atoms with E-state index >= 15 is 0 Å². The van der Waals surface area contributed by atoms with Gasteiger partial charge >= 0.3 is 18.2 Å². The van der Waals surface area contributed by atoms with E-state index in [-0.39, 0.29) is 13.0 Å². The molecule has 0 saturated carbocycles. The second-order valence-electron chi connectivity index (χ2n) is 12.1. The van der Waals surface area contributed by atoms with E-state index in [2.05, 4.69) is 43.0 Å². The number of benzene rings is 3. The highest BCUT2D eigenvalue weighted by Gasteiger charge is 2.48. The van der Waals surface area contributed by atoms with E-state index in [1.807, 2.05) is 54.6 Å². The number of carbonyl (C=O) groups is 3. The van der Waals surface area contributed by atoms with Gasteiger partial charge in [-0.1, -0.05) is 67.3 Å². The van der Waals surface area contributed by atoms with Crippen molar-refractivity contribution in [3.63, 3.8) is 0 Å². The lowest BCUT2D eigenvalue weighted by Gasteiger charge is -2.34. The molecule has 0 bridgehead atoms. The van der Waals surface area contributed by atoms with Crippen molar-refractivity contribution in [2.24, 2.45) is 0 Å². The lowest BCUT2D eigenvalue weighted by molar-refractivity contribution is -0.148. The van der Waals surface area contributed by atoms with Gasteiger partial charge in [-0.05, 0) is 77.9 Å². The fraction of sp³-hybridized carbons (Fsp3) is 0.343. The van der Waals surface area contributed by atoms with Gasteiger partial charge in [0.2, 0.25) is 0 Å². The van der Waals surface area contributed by atoms with E-state index in [9.17, 15) is 14.4 Å². The van der Waals surface area contributed by atoms with Crippen molar-refractivity contribution in [2.45, 2.75) is 65.2 Å². The Morgan fingerprint density at radius 3 is 1.42 bits per heavy atom. The number of ether oxygens (including phenoxy) is 3. The molecule has 0 spiro atoms. The van der Waals surface area contributed by atoms with Gasteiger partial charge in [-0.2, -0.15) is 4.90 Å². The Bertz CT molecular complexity index is 1240. The van der Waals surface area contributed by atoms with Crippen molar-refractivity contribution in [3.05, 3.63) is 104 Å². The van der Waals surface area contributed by atoms with Gasteiger partial charge in [0.1, 0.15) is 47.0 Å². The van der Waals surface area contributed by atoms with Crippen molar-refractivity contribution in [2.75, 3.05) is 12.8 Å². The molecule has 228 valence electrons. The standard InChI is InChI=1S/C35H43NO6P/c1-8-25-40-31(37)30(36(32(38)41-34(2,3)4)33(39)42-35(5,6)7)24-26-43(27-18-12-9-13-19-27,28-20-14-10-15-21-28)29-22-16-11-17-23-29/h8-23,30H,1,24-26H2,2-7H3/q+1. The van der Waals surface area contributed by atoms with E-state index in [1.54, 1.807) is 41.5 Å². The molecular weight excluding hydrogens is 561 g/mol. The Morgan fingerprint density at radius 1 is 0.721 bits per heavy atom. The summed E-state index contributed by atoms with van der Waals surface area (Å²) in [5, 5.41) is 3.31. The van der Waals surface area contributed by atoms with Gasteiger partial charge in [0, 0.05) is 6.42 Å². The van der Waals surface area contributed by atoms with Crippen LogP contribution in [-0.4, -0.2) is 53.1 Å². The first-order valence-electron chi connectivity index (χ1n) is 14.4. The average Bonchev–Trinajstić information content (AvgIpc) is 2.95. The van der Waals surface area contributed by atoms with Gasteiger partial charge < -0.3 is 14.2 Å². The number of amides is 2. The van der Waals surface area contributed by atoms with Gasteiger partial charge in [-0.25, -0.2) is 14.4 Å². The van der Waals surface area contributed by atoms with Crippen molar-refractivity contribution in [3.8, 4) is 0 Å². The number of hydrogen-bond acceptors (Lipinski definition) is 6. The lowest BCUT2D eigenvalue weighted by atomic mass is 10.2. The van der Waals surface area contributed by atoms with Gasteiger partial charge in [-0.15, -0.1) is 0 Å². The summed E-state index contributed by atoms with van der Waals surface area (Å²) in [6.45, 7) is 13.7. The second-order valence-corrected chi connectivity index (χ2v) is 15.7. The van der Waals surface area contributed by atoms with Crippen LogP contribution in [0.4, 0.5) is 9.59 Å². The first-order chi connectivity index (χ1) is 20.3. The van der Waals surface area contributed by atoms with E-state index in [1.165, 1.54) is 6.08 Å². The van der Waals surface area contributed by atoms with Crippen molar-refractivity contribution in [1.82, 2.24) is 4.90 Å². The van der Waals surface area contributed by atoms with E-state index in [4.69, 9.17) is 14.2 Å². The molecule has 3 aromatic carbocycles. The summed E-state index contributed by atoms with van der Waals surface area (Å²) in [6.07, 6.45) is 0.0212. The van der Waals surface area contributed by atoms with Crippen LogP contribution in [-0.2, 0) is 19.0 Å². The van der Waals surface area contributed by atoms with Crippen molar-refractivity contribution < 1.29 is 28.6 Å². The third-order valence-corrected chi connectivity index (χ3v) is 10.9. The van der Waals surface area contributed by atoms with Crippen LogP contribution in [0.1, 0.15) is 48.0 Å². The molecular formula is C35H43NO6P+. The summed E-state index contributed by atoms with van der Waals surface area (Å²) >= 11 is 0. The Hall–Kier alpha value is -3.96. The van der Waals surface area contributed by atoms with Crippen LogP contribution in [0.3, 0.4) is 0 Å². The maximum absolute atomic E-state index is 13.7. The zero-order valence-electron chi connectivity index (χ0n) is 26.0. The maximum atomic E-state index is 13.7. The van der Waals surface area contributed by atoms with Crippen LogP contribution in [0.5, 0.6) is 0 Å². The second kappa shape index (κ2) is 14.5. The lowest BCUT2D eigenvalue weighted by Crippen LogP contribution is -2.53. The molecule has 0 aliphatic carbocycles. The quantitative estimate of drug-likeness (QED) is 0.112. The molecule has 3 aromatic rings. The van der Waals surface area contributed by atoms with Crippen LogP contribution in [0, 0.1) is 0 Å². The molecule has 2 amide bonds. The summed E-state index contributed by atoms with van der Waals surface area (Å²) in [5.41, 5.74) is -1.86. The van der Waals surface area contributed by atoms with Crippen LogP contribution in [0.2, 0.25) is 0 Å².